The van der Waals surface area contributed by atoms with Gasteiger partial charge in [0.25, 0.3) is 5.91 Å². The minimum Gasteiger partial charge on any atom is -0.450 e. The van der Waals surface area contributed by atoms with Crippen molar-refractivity contribution in [3.05, 3.63) is 0 Å². The molecule has 0 radical (unpaired) electrons. The number of ether oxygens (including phenoxy) is 1. The number of carbonyl (C=O) groups excluding carboxylic acids is 2. The molecule has 11 heavy (non-hydrogen) atoms. The van der Waals surface area contributed by atoms with E-state index in [2.05, 4.69) is 5.32 Å². The highest BCUT2D eigenvalue weighted by atomic mass is 16.6. The monoisotopic (exact) mass is 157 g/mol. The molecular formula is C7H11NO3. The van der Waals surface area contributed by atoms with Crippen molar-refractivity contribution >= 4 is 11.9 Å². The lowest BCUT2D eigenvalue weighted by Gasteiger charge is -2.42. The van der Waals surface area contributed by atoms with Crippen molar-refractivity contribution in [2.75, 3.05) is 0 Å². The van der Waals surface area contributed by atoms with Crippen LogP contribution >= 0.6 is 0 Å². The predicted molar refractivity (Wildman–Crippen MR) is 37.8 cm³/mol. The summed E-state index contributed by atoms with van der Waals surface area (Å²) in [5, 5.41) is 2.62. The highest BCUT2D eigenvalue weighted by Gasteiger charge is 2.48. The molecule has 1 atom stereocenters. The Morgan fingerprint density at radius 1 is 1.64 bits per heavy atom. The predicted octanol–water partition coefficient (Wildman–Crippen LogP) is -0.174. The Balaban J connectivity index is 2.57. The molecule has 62 valence electrons. The minimum atomic E-state index is -0.611. The lowest BCUT2D eigenvalue weighted by atomic mass is 9.88. The second-order valence-electron chi connectivity index (χ2n) is 3.20. The molecule has 1 amide bonds. The minimum absolute atomic E-state index is 0.217. The van der Waals surface area contributed by atoms with Gasteiger partial charge >= 0.3 is 5.97 Å². The molecule has 1 aliphatic heterocycles. The standard InChI is InChI=1S/C7H11NO3/c1-4(9)11-5-6(10)8-7(5,2)3/h5H,1-3H3,(H,8,10)/t5-/m0/s1. The number of carbonyl (C=O) groups is 2. The molecule has 1 heterocycles. The van der Waals surface area contributed by atoms with Crippen LogP contribution in [-0.2, 0) is 14.3 Å². The first kappa shape index (κ1) is 8.04. The summed E-state index contributed by atoms with van der Waals surface area (Å²) < 4.78 is 4.76. The average Bonchev–Trinajstić information content (AvgIpc) is 1.82. The van der Waals surface area contributed by atoms with E-state index < -0.39 is 17.6 Å². The maximum absolute atomic E-state index is 10.8. The fraction of sp³-hybridized carbons (Fsp3) is 0.714. The van der Waals surface area contributed by atoms with Crippen molar-refractivity contribution in [1.29, 1.82) is 0 Å². The van der Waals surface area contributed by atoms with Crippen LogP contribution in [0.15, 0.2) is 0 Å². The maximum Gasteiger partial charge on any atom is 0.303 e. The third-order valence-corrected chi connectivity index (χ3v) is 1.62. The third kappa shape index (κ3) is 1.34. The first-order chi connectivity index (χ1) is 4.93. The van der Waals surface area contributed by atoms with Crippen LogP contribution in [0.3, 0.4) is 0 Å². The number of hydrogen-bond acceptors (Lipinski definition) is 3. The summed E-state index contributed by atoms with van der Waals surface area (Å²) in [5.74, 6) is -0.636. The van der Waals surface area contributed by atoms with Crippen molar-refractivity contribution in [3.8, 4) is 0 Å². The summed E-state index contributed by atoms with van der Waals surface area (Å²) in [6, 6.07) is 0. The van der Waals surface area contributed by atoms with E-state index in [9.17, 15) is 9.59 Å². The molecule has 0 aliphatic carbocycles. The molecule has 1 aliphatic rings. The Bertz CT molecular complexity index is 210. The Morgan fingerprint density at radius 3 is 2.36 bits per heavy atom. The summed E-state index contributed by atoms with van der Waals surface area (Å²) in [7, 11) is 0. The molecule has 0 spiro atoms. The lowest BCUT2D eigenvalue weighted by Crippen LogP contribution is -2.70. The van der Waals surface area contributed by atoms with Crippen molar-refractivity contribution < 1.29 is 14.3 Å². The number of rotatable bonds is 1. The van der Waals surface area contributed by atoms with Crippen LogP contribution in [0.4, 0.5) is 0 Å². The molecule has 1 rings (SSSR count). The van der Waals surface area contributed by atoms with Gasteiger partial charge in [-0.1, -0.05) is 0 Å². The van der Waals surface area contributed by atoms with E-state index in [0.29, 0.717) is 0 Å². The number of β-lactam (4-membered cyclic amide) rings is 1. The molecule has 0 saturated carbocycles. The van der Waals surface area contributed by atoms with Gasteiger partial charge in [0.2, 0.25) is 6.10 Å². The molecule has 0 aromatic rings. The topological polar surface area (TPSA) is 55.4 Å². The van der Waals surface area contributed by atoms with E-state index in [1.807, 2.05) is 13.8 Å². The number of amides is 1. The van der Waals surface area contributed by atoms with Gasteiger partial charge in [-0.25, -0.2) is 0 Å². The Hall–Kier alpha value is -1.06. The normalized spacial score (nSPS) is 26.8. The smallest absolute Gasteiger partial charge is 0.303 e. The van der Waals surface area contributed by atoms with Crippen LogP contribution in [0.2, 0.25) is 0 Å². The summed E-state index contributed by atoms with van der Waals surface area (Å²) in [4.78, 5) is 21.3. The molecule has 0 aromatic heterocycles. The van der Waals surface area contributed by atoms with Crippen molar-refractivity contribution in [1.82, 2.24) is 5.32 Å². The van der Waals surface area contributed by atoms with Crippen LogP contribution in [0, 0.1) is 0 Å². The maximum atomic E-state index is 10.8. The highest BCUT2D eigenvalue weighted by molar-refractivity contribution is 5.91. The Morgan fingerprint density at radius 2 is 2.18 bits per heavy atom. The number of nitrogens with one attached hydrogen (secondary N) is 1. The van der Waals surface area contributed by atoms with E-state index in [-0.39, 0.29) is 5.91 Å². The Labute approximate surface area is 64.9 Å². The van der Waals surface area contributed by atoms with Crippen LogP contribution in [0.25, 0.3) is 0 Å². The van der Waals surface area contributed by atoms with E-state index in [1.165, 1.54) is 6.92 Å². The van der Waals surface area contributed by atoms with E-state index in [0.717, 1.165) is 0 Å². The summed E-state index contributed by atoms with van der Waals surface area (Å²) in [6.07, 6.45) is -0.611. The van der Waals surface area contributed by atoms with Gasteiger partial charge in [-0.15, -0.1) is 0 Å². The fourth-order valence-corrected chi connectivity index (χ4v) is 1.07. The van der Waals surface area contributed by atoms with Gasteiger partial charge in [0.1, 0.15) is 0 Å². The van der Waals surface area contributed by atoms with Crippen LogP contribution in [0.5, 0.6) is 0 Å². The van der Waals surface area contributed by atoms with Crippen molar-refractivity contribution in [2.45, 2.75) is 32.4 Å². The first-order valence-corrected chi connectivity index (χ1v) is 3.43. The zero-order chi connectivity index (χ0) is 8.65. The van der Waals surface area contributed by atoms with Crippen molar-refractivity contribution in [2.24, 2.45) is 0 Å². The average molecular weight is 157 g/mol. The van der Waals surface area contributed by atoms with Gasteiger partial charge in [-0.05, 0) is 13.8 Å². The van der Waals surface area contributed by atoms with Crippen LogP contribution in [0.1, 0.15) is 20.8 Å². The van der Waals surface area contributed by atoms with Gasteiger partial charge in [0.05, 0.1) is 5.54 Å². The number of hydrogen-bond donors (Lipinski definition) is 1. The lowest BCUT2D eigenvalue weighted by molar-refractivity contribution is -0.170. The molecule has 0 aromatic carbocycles. The SMILES string of the molecule is CC(=O)O[C@H]1C(=O)NC1(C)C. The van der Waals surface area contributed by atoms with Gasteiger partial charge in [0, 0.05) is 6.92 Å². The van der Waals surface area contributed by atoms with Gasteiger partial charge in [-0.2, -0.15) is 0 Å². The molecule has 1 saturated heterocycles. The first-order valence-electron chi connectivity index (χ1n) is 3.43. The van der Waals surface area contributed by atoms with E-state index in [1.54, 1.807) is 0 Å². The van der Waals surface area contributed by atoms with E-state index >= 15 is 0 Å². The molecule has 1 N–H and O–H groups in total. The van der Waals surface area contributed by atoms with Crippen molar-refractivity contribution in [3.63, 3.8) is 0 Å². The Kier molecular flexibility index (Phi) is 1.62. The fourth-order valence-electron chi connectivity index (χ4n) is 1.07. The summed E-state index contributed by atoms with van der Waals surface area (Å²) in [5.41, 5.74) is -0.400. The molecule has 1 fully saturated rings. The zero-order valence-corrected chi connectivity index (χ0v) is 6.80. The largest absolute Gasteiger partial charge is 0.450 e. The van der Waals surface area contributed by atoms with Crippen LogP contribution < -0.4 is 5.32 Å². The van der Waals surface area contributed by atoms with E-state index in [4.69, 9.17) is 4.74 Å². The summed E-state index contributed by atoms with van der Waals surface area (Å²) >= 11 is 0. The second kappa shape index (κ2) is 2.22. The molecular weight excluding hydrogens is 146 g/mol. The number of esters is 1. The molecule has 0 bridgehead atoms. The van der Waals surface area contributed by atoms with Gasteiger partial charge in [0.15, 0.2) is 0 Å². The molecule has 4 heteroatoms. The zero-order valence-electron chi connectivity index (χ0n) is 6.80. The third-order valence-electron chi connectivity index (χ3n) is 1.62. The second-order valence-corrected chi connectivity index (χ2v) is 3.20. The van der Waals surface area contributed by atoms with Gasteiger partial charge < -0.3 is 10.1 Å². The quantitative estimate of drug-likeness (QED) is 0.424. The highest BCUT2D eigenvalue weighted by Crippen LogP contribution is 2.22. The van der Waals surface area contributed by atoms with Gasteiger partial charge in [-0.3, -0.25) is 9.59 Å². The molecule has 4 nitrogen and oxygen atoms in total. The summed E-state index contributed by atoms with van der Waals surface area (Å²) in [6.45, 7) is 4.91. The molecule has 0 unspecified atom stereocenters. The van der Waals surface area contributed by atoms with Crippen LogP contribution in [-0.4, -0.2) is 23.5 Å².